The van der Waals surface area contributed by atoms with Gasteiger partial charge in [0.05, 0.1) is 23.9 Å². The average molecular weight is 215 g/mol. The van der Waals surface area contributed by atoms with Crippen molar-refractivity contribution in [3.05, 3.63) is 23.8 Å². The molecular formula is C7H8FN3P2. The zero-order chi connectivity index (χ0) is 9.90. The van der Waals surface area contributed by atoms with Crippen molar-refractivity contribution in [1.82, 2.24) is 9.97 Å². The van der Waals surface area contributed by atoms with E-state index in [4.69, 9.17) is 5.26 Å². The Morgan fingerprint density at radius 2 is 2.23 bits per heavy atom. The molecule has 2 unspecified atom stereocenters. The minimum absolute atomic E-state index is 0.168. The summed E-state index contributed by atoms with van der Waals surface area (Å²) in [5.41, 5.74) is 0.766. The molecule has 0 aliphatic rings. The molecule has 1 heterocycles. The molecule has 0 N–H and O–H groups in total. The van der Waals surface area contributed by atoms with Crippen molar-refractivity contribution in [2.24, 2.45) is 0 Å². The van der Waals surface area contributed by atoms with Crippen LogP contribution in [0.5, 0.6) is 0 Å². The molecule has 68 valence electrons. The summed E-state index contributed by atoms with van der Waals surface area (Å²) < 4.78 is 13.3. The first-order valence-corrected chi connectivity index (χ1v) is 4.64. The Bertz CT molecular complexity index is 342. The quantitative estimate of drug-likeness (QED) is 0.700. The van der Waals surface area contributed by atoms with Crippen LogP contribution < -0.4 is 0 Å². The van der Waals surface area contributed by atoms with Crippen molar-refractivity contribution >= 4 is 18.5 Å². The van der Waals surface area contributed by atoms with E-state index in [2.05, 4.69) is 9.97 Å². The van der Waals surface area contributed by atoms with Gasteiger partial charge in [-0.3, -0.25) is 0 Å². The lowest BCUT2D eigenvalue weighted by atomic mass is 10.3. The largest absolute Gasteiger partial charge is 0.240 e. The fourth-order valence-electron chi connectivity index (χ4n) is 0.785. The van der Waals surface area contributed by atoms with Crippen molar-refractivity contribution < 1.29 is 4.39 Å². The van der Waals surface area contributed by atoms with E-state index in [1.165, 1.54) is 12.4 Å². The Labute approximate surface area is 80.2 Å². The monoisotopic (exact) mass is 215 g/mol. The summed E-state index contributed by atoms with van der Waals surface area (Å²) in [6, 6.07) is 3.41. The third-order valence-electron chi connectivity index (χ3n) is 1.38. The fraction of sp³-hybridized carbons (Fsp3) is 0.286. The van der Waals surface area contributed by atoms with Crippen LogP contribution >= 0.6 is 18.5 Å². The fourth-order valence-corrected chi connectivity index (χ4v) is 1.10. The smallest absolute Gasteiger partial charge is 0.177 e. The SMILES string of the molecule is N#CCc1cc(C(F)(P)P)ncn1. The lowest BCUT2D eigenvalue weighted by Gasteiger charge is -2.12. The van der Waals surface area contributed by atoms with Crippen LogP contribution in [0.15, 0.2) is 12.4 Å². The first kappa shape index (κ1) is 10.4. The maximum Gasteiger partial charge on any atom is 0.177 e. The van der Waals surface area contributed by atoms with Gasteiger partial charge in [-0.1, -0.05) is 18.5 Å². The van der Waals surface area contributed by atoms with E-state index in [-0.39, 0.29) is 12.1 Å². The van der Waals surface area contributed by atoms with Crippen molar-refractivity contribution in [2.45, 2.75) is 11.6 Å². The summed E-state index contributed by atoms with van der Waals surface area (Å²) in [5.74, 6) is 0. The summed E-state index contributed by atoms with van der Waals surface area (Å²) in [7, 11) is 4.02. The van der Waals surface area contributed by atoms with Crippen LogP contribution in [-0.2, 0) is 11.6 Å². The molecule has 1 aromatic rings. The molecule has 1 aromatic heterocycles. The van der Waals surface area contributed by atoms with E-state index in [0.717, 1.165) is 0 Å². The van der Waals surface area contributed by atoms with E-state index < -0.39 is 5.15 Å². The second-order valence-electron chi connectivity index (χ2n) is 2.50. The summed E-state index contributed by atoms with van der Waals surface area (Å²) in [6.07, 6.45) is 1.42. The first-order valence-electron chi connectivity index (χ1n) is 3.49. The van der Waals surface area contributed by atoms with Gasteiger partial charge < -0.3 is 0 Å². The van der Waals surface area contributed by atoms with E-state index in [9.17, 15) is 4.39 Å². The number of nitriles is 1. The molecule has 6 heteroatoms. The van der Waals surface area contributed by atoms with Gasteiger partial charge in [0.25, 0.3) is 0 Å². The Morgan fingerprint density at radius 1 is 1.54 bits per heavy atom. The Kier molecular flexibility index (Phi) is 3.25. The number of nitrogens with zero attached hydrogens (tertiary/aromatic N) is 3. The van der Waals surface area contributed by atoms with Crippen LogP contribution in [0.3, 0.4) is 0 Å². The summed E-state index contributed by atoms with van der Waals surface area (Å²) in [4.78, 5) is 7.58. The van der Waals surface area contributed by atoms with Crippen LogP contribution in [0.25, 0.3) is 0 Å². The molecule has 3 nitrogen and oxygen atoms in total. The highest BCUT2D eigenvalue weighted by Crippen LogP contribution is 2.38. The predicted molar refractivity (Wildman–Crippen MR) is 53.6 cm³/mol. The lowest BCUT2D eigenvalue weighted by molar-refractivity contribution is 0.413. The molecule has 0 aliphatic carbocycles. The Morgan fingerprint density at radius 3 is 2.77 bits per heavy atom. The van der Waals surface area contributed by atoms with Gasteiger partial charge in [0.1, 0.15) is 6.33 Å². The standard InChI is InChI=1S/C7H8FN3P2/c8-7(12,13)6-3-5(1-2-9)10-4-11-6/h3-4H,1,12-13H2. The third-order valence-corrected chi connectivity index (χ3v) is 1.97. The molecule has 0 aromatic carbocycles. The van der Waals surface area contributed by atoms with Crippen LogP contribution in [0, 0.1) is 11.3 Å². The normalized spacial score (nSPS) is 10.9. The minimum atomic E-state index is -1.65. The van der Waals surface area contributed by atoms with E-state index in [1.54, 1.807) is 0 Å². The Hall–Kier alpha value is -0.640. The number of hydrogen-bond acceptors (Lipinski definition) is 3. The number of alkyl halides is 1. The van der Waals surface area contributed by atoms with Gasteiger partial charge in [-0.15, -0.1) is 0 Å². The highest BCUT2D eigenvalue weighted by molar-refractivity contribution is 7.38. The molecule has 0 aliphatic heterocycles. The maximum absolute atomic E-state index is 13.3. The zero-order valence-electron chi connectivity index (χ0n) is 6.74. The minimum Gasteiger partial charge on any atom is -0.240 e. The molecule has 13 heavy (non-hydrogen) atoms. The summed E-state index contributed by atoms with van der Waals surface area (Å²) >= 11 is 0. The van der Waals surface area contributed by atoms with Gasteiger partial charge in [0, 0.05) is 0 Å². The topological polar surface area (TPSA) is 49.6 Å². The predicted octanol–water partition coefficient (Wildman–Crippen LogP) is 1.37. The van der Waals surface area contributed by atoms with Crippen LogP contribution in [0.1, 0.15) is 11.4 Å². The number of halogens is 1. The number of hydrogen-bond donors (Lipinski definition) is 0. The molecule has 0 bridgehead atoms. The number of rotatable bonds is 2. The molecular weight excluding hydrogens is 207 g/mol. The summed E-state index contributed by atoms with van der Waals surface area (Å²) in [6.45, 7) is 0. The van der Waals surface area contributed by atoms with Crippen molar-refractivity contribution in [3.8, 4) is 6.07 Å². The second kappa shape index (κ2) is 4.05. The van der Waals surface area contributed by atoms with E-state index in [1.807, 2.05) is 24.5 Å². The van der Waals surface area contributed by atoms with Gasteiger partial charge in [-0.05, 0) is 6.07 Å². The summed E-state index contributed by atoms with van der Waals surface area (Å²) in [5, 5.41) is 6.75. The molecule has 1 rings (SSSR count). The van der Waals surface area contributed by atoms with Gasteiger partial charge in [0.2, 0.25) is 0 Å². The molecule has 0 spiro atoms. The van der Waals surface area contributed by atoms with Crippen LogP contribution in [0.4, 0.5) is 4.39 Å². The zero-order valence-corrected chi connectivity index (χ0v) is 9.05. The molecule has 2 atom stereocenters. The highest BCUT2D eigenvalue weighted by Gasteiger charge is 2.21. The van der Waals surface area contributed by atoms with Crippen molar-refractivity contribution in [2.75, 3.05) is 0 Å². The second-order valence-corrected chi connectivity index (χ2v) is 4.84. The van der Waals surface area contributed by atoms with Crippen LogP contribution in [-0.4, -0.2) is 9.97 Å². The lowest BCUT2D eigenvalue weighted by Crippen LogP contribution is -2.05. The van der Waals surface area contributed by atoms with Gasteiger partial charge in [-0.2, -0.15) is 5.26 Å². The third kappa shape index (κ3) is 2.95. The van der Waals surface area contributed by atoms with E-state index >= 15 is 0 Å². The van der Waals surface area contributed by atoms with Crippen LogP contribution in [0.2, 0.25) is 0 Å². The van der Waals surface area contributed by atoms with Gasteiger partial charge >= 0.3 is 0 Å². The van der Waals surface area contributed by atoms with Gasteiger partial charge in [-0.25, -0.2) is 14.4 Å². The number of aromatic nitrogens is 2. The highest BCUT2D eigenvalue weighted by atomic mass is 31.1. The van der Waals surface area contributed by atoms with Gasteiger partial charge in [0.15, 0.2) is 5.15 Å². The van der Waals surface area contributed by atoms with Crippen molar-refractivity contribution in [1.29, 1.82) is 5.26 Å². The molecule has 0 saturated heterocycles. The Balaban J connectivity index is 3.00. The molecule has 0 amide bonds. The maximum atomic E-state index is 13.3. The molecule has 0 radical (unpaired) electrons. The molecule has 0 fully saturated rings. The van der Waals surface area contributed by atoms with E-state index in [0.29, 0.717) is 5.69 Å². The first-order chi connectivity index (χ1) is 6.04. The average Bonchev–Trinajstić information content (AvgIpc) is 2.04. The van der Waals surface area contributed by atoms with Crippen molar-refractivity contribution in [3.63, 3.8) is 0 Å². The molecule has 0 saturated carbocycles.